The topological polar surface area (TPSA) is 37.3 Å². The summed E-state index contributed by atoms with van der Waals surface area (Å²) in [5.74, 6) is -2.47. The normalized spacial score (nSPS) is 24.4. The Kier molecular flexibility index (Phi) is 3.13. The summed E-state index contributed by atoms with van der Waals surface area (Å²) in [5, 5.41) is 8.77. The molecule has 0 radical (unpaired) electrons. The van der Waals surface area contributed by atoms with Crippen LogP contribution in [-0.2, 0) is 4.79 Å². The van der Waals surface area contributed by atoms with Gasteiger partial charge in [0.25, 0.3) is 0 Å². The third-order valence-electron chi connectivity index (χ3n) is 3.39. The molecule has 2 rings (SSSR count). The van der Waals surface area contributed by atoms with Crippen molar-refractivity contribution in [1.82, 2.24) is 0 Å². The number of hydrogen-bond donors (Lipinski definition) is 1. The lowest BCUT2D eigenvalue weighted by Crippen LogP contribution is -2.05. The van der Waals surface area contributed by atoms with E-state index >= 15 is 0 Å². The van der Waals surface area contributed by atoms with Crippen molar-refractivity contribution in [3.05, 3.63) is 35.4 Å². The first kappa shape index (κ1) is 12.0. The zero-order valence-electron chi connectivity index (χ0n) is 9.49. The van der Waals surface area contributed by atoms with Crippen LogP contribution >= 0.6 is 0 Å². The molecule has 1 saturated carbocycles. The zero-order valence-corrected chi connectivity index (χ0v) is 9.49. The fraction of sp³-hybridized carbons (Fsp3) is 0.462. The van der Waals surface area contributed by atoms with Crippen molar-refractivity contribution in [3.8, 4) is 0 Å². The number of carbonyl (C=O) groups is 1. The van der Waals surface area contributed by atoms with E-state index in [1.165, 1.54) is 18.2 Å². The third kappa shape index (κ3) is 2.46. The number of benzene rings is 1. The maximum atomic E-state index is 13.5. The fourth-order valence-electron chi connectivity index (χ4n) is 2.36. The highest BCUT2D eigenvalue weighted by molar-refractivity contribution is 5.73. The number of hydrogen-bond acceptors (Lipinski definition) is 1. The molecule has 17 heavy (non-hydrogen) atoms. The smallest absolute Gasteiger partial charge is 0.306 e. The molecule has 4 heteroatoms. The van der Waals surface area contributed by atoms with Crippen LogP contribution in [0.1, 0.15) is 31.2 Å². The Labute approximate surface area is 98.3 Å². The van der Waals surface area contributed by atoms with Crippen molar-refractivity contribution in [2.24, 2.45) is 11.8 Å². The van der Waals surface area contributed by atoms with Gasteiger partial charge in [-0.25, -0.2) is 8.78 Å². The SMILES string of the molecule is CC(CC1CC1C(=O)O)c1c(F)cccc1F. The summed E-state index contributed by atoms with van der Waals surface area (Å²) < 4.78 is 26.9. The number of carboxylic acids is 1. The van der Waals surface area contributed by atoms with Gasteiger partial charge in [0.05, 0.1) is 5.92 Å². The highest BCUT2D eigenvalue weighted by Gasteiger charge is 2.43. The molecule has 0 aliphatic heterocycles. The molecule has 0 aromatic heterocycles. The van der Waals surface area contributed by atoms with Crippen LogP contribution in [-0.4, -0.2) is 11.1 Å². The van der Waals surface area contributed by atoms with E-state index in [4.69, 9.17) is 5.11 Å². The molecular weight excluding hydrogens is 226 g/mol. The Bertz CT molecular complexity index is 425. The lowest BCUT2D eigenvalue weighted by molar-refractivity contribution is -0.138. The summed E-state index contributed by atoms with van der Waals surface area (Å²) in [5.41, 5.74) is 0.0727. The second-order valence-corrected chi connectivity index (χ2v) is 4.71. The van der Waals surface area contributed by atoms with Crippen LogP contribution in [0.4, 0.5) is 8.78 Å². The first-order valence-electron chi connectivity index (χ1n) is 5.67. The standard InChI is InChI=1S/C13H14F2O2/c1-7(5-8-6-9(8)13(16)17)12-10(14)3-2-4-11(12)15/h2-4,7-9H,5-6H2,1H3,(H,16,17). The number of carboxylic acid groups (broad SMARTS) is 1. The average Bonchev–Trinajstić information content (AvgIpc) is 2.96. The Balaban J connectivity index is 2.06. The van der Waals surface area contributed by atoms with Crippen molar-refractivity contribution in [1.29, 1.82) is 0 Å². The summed E-state index contributed by atoms with van der Waals surface area (Å²) in [6.45, 7) is 1.73. The van der Waals surface area contributed by atoms with Gasteiger partial charge in [0.15, 0.2) is 0 Å². The Morgan fingerprint density at radius 2 is 2.06 bits per heavy atom. The third-order valence-corrected chi connectivity index (χ3v) is 3.39. The second-order valence-electron chi connectivity index (χ2n) is 4.71. The van der Waals surface area contributed by atoms with Crippen molar-refractivity contribution in [2.45, 2.75) is 25.7 Å². The van der Waals surface area contributed by atoms with Crippen molar-refractivity contribution < 1.29 is 18.7 Å². The average molecular weight is 240 g/mol. The fourth-order valence-corrected chi connectivity index (χ4v) is 2.36. The maximum absolute atomic E-state index is 13.5. The molecule has 1 aliphatic rings. The molecule has 0 saturated heterocycles. The Morgan fingerprint density at radius 3 is 2.53 bits per heavy atom. The minimum atomic E-state index is -0.809. The quantitative estimate of drug-likeness (QED) is 0.877. The lowest BCUT2D eigenvalue weighted by atomic mass is 9.94. The van der Waals surface area contributed by atoms with Crippen LogP contribution in [0.25, 0.3) is 0 Å². The lowest BCUT2D eigenvalue weighted by Gasteiger charge is -2.13. The van der Waals surface area contributed by atoms with E-state index in [0.29, 0.717) is 12.8 Å². The Hall–Kier alpha value is -1.45. The van der Waals surface area contributed by atoms with E-state index in [1.807, 2.05) is 0 Å². The molecule has 0 heterocycles. The molecule has 3 unspecified atom stereocenters. The molecule has 0 amide bonds. The molecule has 3 atom stereocenters. The number of aliphatic carboxylic acids is 1. The summed E-state index contributed by atoms with van der Waals surface area (Å²) in [7, 11) is 0. The molecule has 1 aliphatic carbocycles. The van der Waals surface area contributed by atoms with Crippen molar-refractivity contribution in [3.63, 3.8) is 0 Å². The van der Waals surface area contributed by atoms with E-state index in [9.17, 15) is 13.6 Å². The molecule has 1 aromatic rings. The maximum Gasteiger partial charge on any atom is 0.306 e. The van der Waals surface area contributed by atoms with E-state index in [-0.39, 0.29) is 23.3 Å². The molecule has 92 valence electrons. The van der Waals surface area contributed by atoms with Gasteiger partial charge in [-0.3, -0.25) is 4.79 Å². The van der Waals surface area contributed by atoms with E-state index in [2.05, 4.69) is 0 Å². The van der Waals surface area contributed by atoms with Gasteiger partial charge in [-0.05, 0) is 36.8 Å². The van der Waals surface area contributed by atoms with Gasteiger partial charge in [0.2, 0.25) is 0 Å². The molecular formula is C13H14F2O2. The summed E-state index contributed by atoms with van der Waals surface area (Å²) in [6.07, 6.45) is 1.14. The molecule has 1 N–H and O–H groups in total. The van der Waals surface area contributed by atoms with E-state index in [0.717, 1.165) is 0 Å². The van der Waals surface area contributed by atoms with Crippen LogP contribution in [0.3, 0.4) is 0 Å². The molecule has 0 bridgehead atoms. The van der Waals surface area contributed by atoms with Gasteiger partial charge in [-0.2, -0.15) is 0 Å². The predicted octanol–water partition coefficient (Wildman–Crippen LogP) is 3.18. The van der Waals surface area contributed by atoms with Gasteiger partial charge >= 0.3 is 5.97 Å². The van der Waals surface area contributed by atoms with Crippen LogP contribution in [0, 0.1) is 23.5 Å². The second kappa shape index (κ2) is 4.43. The first-order valence-corrected chi connectivity index (χ1v) is 5.67. The monoisotopic (exact) mass is 240 g/mol. The van der Waals surface area contributed by atoms with E-state index < -0.39 is 17.6 Å². The Morgan fingerprint density at radius 1 is 1.47 bits per heavy atom. The summed E-state index contributed by atoms with van der Waals surface area (Å²) >= 11 is 0. The summed E-state index contributed by atoms with van der Waals surface area (Å²) in [6, 6.07) is 3.80. The van der Waals surface area contributed by atoms with Gasteiger partial charge in [-0.15, -0.1) is 0 Å². The summed E-state index contributed by atoms with van der Waals surface area (Å²) in [4.78, 5) is 10.7. The highest BCUT2D eigenvalue weighted by atomic mass is 19.1. The van der Waals surface area contributed by atoms with Crippen LogP contribution in [0.5, 0.6) is 0 Å². The largest absolute Gasteiger partial charge is 0.481 e. The highest BCUT2D eigenvalue weighted by Crippen LogP contribution is 2.45. The first-order chi connectivity index (χ1) is 8.00. The molecule has 1 aromatic carbocycles. The predicted molar refractivity (Wildman–Crippen MR) is 58.6 cm³/mol. The van der Waals surface area contributed by atoms with Gasteiger partial charge < -0.3 is 5.11 Å². The molecule has 0 spiro atoms. The number of rotatable bonds is 4. The van der Waals surface area contributed by atoms with Crippen molar-refractivity contribution >= 4 is 5.97 Å². The number of halogens is 2. The zero-order chi connectivity index (χ0) is 12.6. The van der Waals surface area contributed by atoms with Crippen LogP contribution in [0.2, 0.25) is 0 Å². The molecule has 2 nitrogen and oxygen atoms in total. The van der Waals surface area contributed by atoms with E-state index in [1.54, 1.807) is 6.92 Å². The minimum absolute atomic E-state index is 0.0570. The van der Waals surface area contributed by atoms with Crippen LogP contribution < -0.4 is 0 Å². The molecule has 1 fully saturated rings. The van der Waals surface area contributed by atoms with Crippen molar-refractivity contribution in [2.75, 3.05) is 0 Å². The van der Waals surface area contributed by atoms with Gasteiger partial charge in [0, 0.05) is 5.56 Å². The van der Waals surface area contributed by atoms with Gasteiger partial charge in [0.1, 0.15) is 11.6 Å². The minimum Gasteiger partial charge on any atom is -0.481 e. The van der Waals surface area contributed by atoms with Gasteiger partial charge in [-0.1, -0.05) is 13.0 Å². The van der Waals surface area contributed by atoms with Crippen LogP contribution in [0.15, 0.2) is 18.2 Å².